The summed E-state index contributed by atoms with van der Waals surface area (Å²) in [6.07, 6.45) is 0. The lowest BCUT2D eigenvalue weighted by Crippen LogP contribution is -2.20. The number of nitrogens with zero attached hydrogens (tertiary/aromatic N) is 1. The monoisotopic (exact) mass is 406 g/mol. The van der Waals surface area contributed by atoms with Crippen LogP contribution < -0.4 is 10.1 Å². The van der Waals surface area contributed by atoms with Crippen molar-refractivity contribution in [3.05, 3.63) is 76.8 Å². The molecule has 0 spiro atoms. The van der Waals surface area contributed by atoms with Gasteiger partial charge in [0.1, 0.15) is 11.3 Å². The van der Waals surface area contributed by atoms with E-state index >= 15 is 0 Å². The number of rotatable bonds is 5. The van der Waals surface area contributed by atoms with Crippen LogP contribution in [0, 0.1) is 13.8 Å². The molecule has 3 aromatic carbocycles. The number of fused-ring (bicyclic) bond motifs is 1. The van der Waals surface area contributed by atoms with Gasteiger partial charge in [-0.1, -0.05) is 35.4 Å². The molecule has 146 valence electrons. The summed E-state index contributed by atoms with van der Waals surface area (Å²) in [7, 11) is 0. The molecule has 0 saturated carbocycles. The largest absolute Gasteiger partial charge is 0.484 e. The normalized spacial score (nSPS) is 10.9. The van der Waals surface area contributed by atoms with Crippen molar-refractivity contribution < 1.29 is 13.9 Å². The maximum Gasteiger partial charge on any atom is 0.262 e. The van der Waals surface area contributed by atoms with E-state index in [4.69, 9.17) is 20.8 Å². The zero-order chi connectivity index (χ0) is 20.4. The van der Waals surface area contributed by atoms with Crippen LogP contribution >= 0.6 is 11.6 Å². The Morgan fingerprint density at radius 3 is 2.62 bits per heavy atom. The second kappa shape index (κ2) is 7.97. The molecule has 0 radical (unpaired) electrons. The van der Waals surface area contributed by atoms with E-state index in [-0.39, 0.29) is 12.5 Å². The first-order valence-corrected chi connectivity index (χ1v) is 9.52. The lowest BCUT2D eigenvalue weighted by atomic mass is 10.1. The number of halogens is 1. The van der Waals surface area contributed by atoms with Crippen molar-refractivity contribution in [1.82, 2.24) is 4.98 Å². The van der Waals surface area contributed by atoms with Gasteiger partial charge >= 0.3 is 0 Å². The maximum atomic E-state index is 12.2. The van der Waals surface area contributed by atoms with Crippen molar-refractivity contribution in [2.75, 3.05) is 11.9 Å². The molecule has 0 saturated heterocycles. The average Bonchev–Trinajstić information content (AvgIpc) is 3.13. The van der Waals surface area contributed by atoms with Crippen LogP contribution in [0.25, 0.3) is 22.6 Å². The quantitative estimate of drug-likeness (QED) is 0.456. The number of aryl methyl sites for hydroxylation is 2. The van der Waals surface area contributed by atoms with Crippen molar-refractivity contribution in [2.45, 2.75) is 13.8 Å². The predicted molar refractivity (Wildman–Crippen MR) is 114 cm³/mol. The molecule has 0 fully saturated rings. The highest BCUT2D eigenvalue weighted by Gasteiger charge is 2.11. The highest BCUT2D eigenvalue weighted by atomic mass is 35.5. The lowest BCUT2D eigenvalue weighted by molar-refractivity contribution is -0.118. The highest BCUT2D eigenvalue weighted by Crippen LogP contribution is 2.29. The summed E-state index contributed by atoms with van der Waals surface area (Å²) in [5.41, 5.74) is 4.82. The molecule has 1 aromatic heterocycles. The summed E-state index contributed by atoms with van der Waals surface area (Å²) in [6.45, 7) is 3.86. The topological polar surface area (TPSA) is 64.4 Å². The van der Waals surface area contributed by atoms with Crippen molar-refractivity contribution in [1.29, 1.82) is 0 Å². The number of benzene rings is 3. The van der Waals surface area contributed by atoms with Gasteiger partial charge in [-0.2, -0.15) is 0 Å². The fourth-order valence-corrected chi connectivity index (χ4v) is 3.02. The minimum atomic E-state index is -0.251. The van der Waals surface area contributed by atoms with Gasteiger partial charge in [0.25, 0.3) is 5.91 Å². The Balaban J connectivity index is 1.46. The van der Waals surface area contributed by atoms with Gasteiger partial charge in [-0.25, -0.2) is 4.98 Å². The summed E-state index contributed by atoms with van der Waals surface area (Å²) >= 11 is 6.20. The Hall–Kier alpha value is -3.31. The standard InChI is InChI=1S/C23H19ClN2O3/c1-14-3-8-18(9-4-14)28-13-22(27)25-17-7-10-21-20(12-17)26-23(29-21)16-6-5-15(2)19(24)11-16/h3-12H,13H2,1-2H3,(H,25,27). The molecule has 0 unspecified atom stereocenters. The Morgan fingerprint density at radius 2 is 1.86 bits per heavy atom. The summed E-state index contributed by atoms with van der Waals surface area (Å²) < 4.78 is 11.3. The van der Waals surface area contributed by atoms with Crippen LogP contribution in [0.3, 0.4) is 0 Å². The Morgan fingerprint density at radius 1 is 1.07 bits per heavy atom. The fraction of sp³-hybridized carbons (Fsp3) is 0.130. The zero-order valence-electron chi connectivity index (χ0n) is 16.0. The van der Waals surface area contributed by atoms with Gasteiger partial charge < -0.3 is 14.5 Å². The van der Waals surface area contributed by atoms with Crippen LogP contribution in [0.1, 0.15) is 11.1 Å². The number of amides is 1. The van der Waals surface area contributed by atoms with Gasteiger partial charge in [0.2, 0.25) is 5.89 Å². The number of carbonyl (C=O) groups excluding carboxylic acids is 1. The van der Waals surface area contributed by atoms with E-state index in [1.807, 2.05) is 56.3 Å². The number of nitrogens with one attached hydrogen (secondary N) is 1. The number of anilines is 1. The minimum Gasteiger partial charge on any atom is -0.484 e. The van der Waals surface area contributed by atoms with E-state index in [2.05, 4.69) is 10.3 Å². The van der Waals surface area contributed by atoms with E-state index in [0.29, 0.717) is 33.4 Å². The Bertz CT molecular complexity index is 1180. The summed E-state index contributed by atoms with van der Waals surface area (Å²) in [5, 5.41) is 3.47. The lowest BCUT2D eigenvalue weighted by Gasteiger charge is -2.07. The third-order valence-corrected chi connectivity index (χ3v) is 4.89. The van der Waals surface area contributed by atoms with Crippen LogP contribution in [0.2, 0.25) is 5.02 Å². The van der Waals surface area contributed by atoms with Gasteiger partial charge in [-0.3, -0.25) is 4.79 Å². The van der Waals surface area contributed by atoms with Crippen LogP contribution in [0.15, 0.2) is 65.1 Å². The first-order chi connectivity index (χ1) is 14.0. The Labute approximate surface area is 173 Å². The molecule has 1 heterocycles. The molecule has 0 atom stereocenters. The van der Waals surface area contributed by atoms with Gasteiger partial charge in [0, 0.05) is 16.3 Å². The van der Waals surface area contributed by atoms with Gasteiger partial charge in [0.15, 0.2) is 12.2 Å². The first kappa shape index (κ1) is 19.0. The molecule has 5 nitrogen and oxygen atoms in total. The minimum absolute atomic E-state index is 0.0764. The zero-order valence-corrected chi connectivity index (χ0v) is 16.8. The number of hydrogen-bond donors (Lipinski definition) is 1. The van der Waals surface area contributed by atoms with Crippen LogP contribution in [-0.4, -0.2) is 17.5 Å². The molecular formula is C23H19ClN2O3. The molecule has 1 amide bonds. The third kappa shape index (κ3) is 4.41. The molecule has 0 aliphatic carbocycles. The van der Waals surface area contributed by atoms with Crippen LogP contribution in [-0.2, 0) is 4.79 Å². The van der Waals surface area contributed by atoms with E-state index in [1.54, 1.807) is 18.2 Å². The molecule has 4 aromatic rings. The smallest absolute Gasteiger partial charge is 0.262 e. The summed E-state index contributed by atoms with van der Waals surface area (Å²) in [6, 6.07) is 18.5. The van der Waals surface area contributed by atoms with Crippen LogP contribution in [0.4, 0.5) is 5.69 Å². The Kier molecular flexibility index (Phi) is 5.23. The molecule has 0 bridgehead atoms. The number of ether oxygens (including phenoxy) is 1. The van der Waals surface area contributed by atoms with Crippen molar-refractivity contribution in [2.24, 2.45) is 0 Å². The van der Waals surface area contributed by atoms with Crippen LogP contribution in [0.5, 0.6) is 5.75 Å². The second-order valence-corrected chi connectivity index (χ2v) is 7.22. The maximum absolute atomic E-state index is 12.2. The van der Waals surface area contributed by atoms with Gasteiger partial charge in [-0.05, 0) is 61.9 Å². The van der Waals surface area contributed by atoms with Crippen molar-refractivity contribution in [3.63, 3.8) is 0 Å². The number of hydrogen-bond acceptors (Lipinski definition) is 4. The molecule has 4 rings (SSSR count). The second-order valence-electron chi connectivity index (χ2n) is 6.82. The van der Waals surface area contributed by atoms with E-state index < -0.39 is 0 Å². The number of carbonyl (C=O) groups is 1. The summed E-state index contributed by atoms with van der Waals surface area (Å²) in [4.78, 5) is 16.7. The molecule has 1 N–H and O–H groups in total. The fourth-order valence-electron chi connectivity index (χ4n) is 2.83. The van der Waals surface area contributed by atoms with E-state index in [1.165, 1.54) is 0 Å². The molecule has 29 heavy (non-hydrogen) atoms. The predicted octanol–water partition coefficient (Wildman–Crippen LogP) is 5.78. The van der Waals surface area contributed by atoms with Crippen molar-refractivity contribution >= 4 is 34.3 Å². The first-order valence-electron chi connectivity index (χ1n) is 9.14. The molecule has 0 aliphatic rings. The van der Waals surface area contributed by atoms with Crippen molar-refractivity contribution in [3.8, 4) is 17.2 Å². The number of oxazole rings is 1. The van der Waals surface area contributed by atoms with Gasteiger partial charge in [-0.15, -0.1) is 0 Å². The van der Waals surface area contributed by atoms with Gasteiger partial charge in [0.05, 0.1) is 0 Å². The average molecular weight is 407 g/mol. The molecular weight excluding hydrogens is 388 g/mol. The summed E-state index contributed by atoms with van der Waals surface area (Å²) in [5.74, 6) is 0.881. The highest BCUT2D eigenvalue weighted by molar-refractivity contribution is 6.31. The molecule has 0 aliphatic heterocycles. The number of aromatic nitrogens is 1. The van der Waals surface area contributed by atoms with E-state index in [9.17, 15) is 4.79 Å². The van der Waals surface area contributed by atoms with E-state index in [0.717, 1.165) is 16.7 Å². The molecule has 6 heteroatoms. The SMILES string of the molecule is Cc1ccc(OCC(=O)Nc2ccc3oc(-c4ccc(C)c(Cl)c4)nc3c2)cc1. The third-order valence-electron chi connectivity index (χ3n) is 4.48.